The highest BCUT2D eigenvalue weighted by Gasteiger charge is 2.27. The smallest absolute Gasteiger partial charge is 0.228 e. The van der Waals surface area contributed by atoms with E-state index >= 15 is 0 Å². The lowest BCUT2D eigenvalue weighted by atomic mass is 10.0. The molecular formula is C13H17FN2O2. The summed E-state index contributed by atoms with van der Waals surface area (Å²) in [4.78, 5) is 13.4. The molecule has 5 heteroatoms. The molecule has 0 unspecified atom stereocenters. The molecule has 1 heterocycles. The molecule has 1 N–H and O–H groups in total. The summed E-state index contributed by atoms with van der Waals surface area (Å²) in [5.74, 6) is 0.0488. The van der Waals surface area contributed by atoms with Gasteiger partial charge in [-0.3, -0.25) is 4.79 Å². The third-order valence-electron chi connectivity index (χ3n) is 3.03. The second kappa shape index (κ2) is 5.82. The number of carbonyl (C=O) groups excluding carboxylic acids is 1. The second-order valence-electron chi connectivity index (χ2n) is 4.39. The van der Waals surface area contributed by atoms with Gasteiger partial charge in [0.05, 0.1) is 12.5 Å². The number of rotatable bonds is 5. The number of hydrogen-bond donors (Lipinski definition) is 1. The van der Waals surface area contributed by atoms with Gasteiger partial charge in [-0.25, -0.2) is 4.39 Å². The number of likely N-dealkylation sites (N-methyl/N-ethyl adjacent to an activating group) is 1. The SMILES string of the molecule is CN(CCOc1ccccc1F)C(=O)C1CNC1. The van der Waals surface area contributed by atoms with Gasteiger partial charge in [-0.05, 0) is 12.1 Å². The maximum Gasteiger partial charge on any atom is 0.228 e. The van der Waals surface area contributed by atoms with Gasteiger partial charge in [0.15, 0.2) is 11.6 Å². The number of nitrogens with zero attached hydrogens (tertiary/aromatic N) is 1. The first kappa shape index (κ1) is 12.8. The summed E-state index contributed by atoms with van der Waals surface area (Å²) in [5, 5.41) is 3.06. The Labute approximate surface area is 106 Å². The number of nitrogens with one attached hydrogen (secondary N) is 1. The molecule has 0 bridgehead atoms. The minimum absolute atomic E-state index is 0.0865. The number of para-hydroxylation sites is 1. The van der Waals surface area contributed by atoms with Crippen molar-refractivity contribution in [2.45, 2.75) is 0 Å². The van der Waals surface area contributed by atoms with Crippen molar-refractivity contribution in [3.8, 4) is 5.75 Å². The number of carbonyl (C=O) groups is 1. The molecule has 0 spiro atoms. The molecule has 1 aliphatic heterocycles. The van der Waals surface area contributed by atoms with E-state index in [1.165, 1.54) is 6.07 Å². The molecule has 1 aromatic carbocycles. The Morgan fingerprint density at radius 1 is 1.50 bits per heavy atom. The van der Waals surface area contributed by atoms with Crippen LogP contribution < -0.4 is 10.1 Å². The summed E-state index contributed by atoms with van der Waals surface area (Å²) in [7, 11) is 1.74. The van der Waals surface area contributed by atoms with E-state index in [1.807, 2.05) is 0 Å². The lowest BCUT2D eigenvalue weighted by molar-refractivity contribution is -0.136. The third-order valence-corrected chi connectivity index (χ3v) is 3.03. The van der Waals surface area contributed by atoms with Gasteiger partial charge >= 0.3 is 0 Å². The van der Waals surface area contributed by atoms with Gasteiger partial charge in [0.1, 0.15) is 6.61 Å². The predicted octanol–water partition coefficient (Wildman–Crippen LogP) is 0.882. The van der Waals surface area contributed by atoms with Gasteiger partial charge in [0.2, 0.25) is 5.91 Å². The highest BCUT2D eigenvalue weighted by Crippen LogP contribution is 2.15. The molecule has 0 aliphatic carbocycles. The molecular weight excluding hydrogens is 235 g/mol. The molecule has 1 aliphatic rings. The van der Waals surface area contributed by atoms with Gasteiger partial charge in [0, 0.05) is 20.1 Å². The second-order valence-corrected chi connectivity index (χ2v) is 4.39. The van der Waals surface area contributed by atoms with Crippen LogP contribution in [-0.2, 0) is 4.79 Å². The Hall–Kier alpha value is -1.62. The summed E-state index contributed by atoms with van der Waals surface area (Å²) in [6.45, 7) is 2.25. The highest BCUT2D eigenvalue weighted by atomic mass is 19.1. The van der Waals surface area contributed by atoms with Crippen LogP contribution in [-0.4, -0.2) is 44.1 Å². The van der Waals surface area contributed by atoms with Gasteiger partial charge in [0.25, 0.3) is 0 Å². The average molecular weight is 252 g/mol. The van der Waals surface area contributed by atoms with Crippen molar-refractivity contribution < 1.29 is 13.9 Å². The average Bonchev–Trinajstić information content (AvgIpc) is 2.29. The van der Waals surface area contributed by atoms with Gasteiger partial charge < -0.3 is 15.0 Å². The first-order valence-electron chi connectivity index (χ1n) is 6.01. The van der Waals surface area contributed by atoms with Crippen molar-refractivity contribution in [3.05, 3.63) is 30.1 Å². The molecule has 0 saturated carbocycles. The number of ether oxygens (including phenoxy) is 1. The van der Waals surface area contributed by atoms with Gasteiger partial charge in [-0.1, -0.05) is 12.1 Å². The molecule has 98 valence electrons. The number of halogens is 1. The lowest BCUT2D eigenvalue weighted by Crippen LogP contribution is -2.51. The van der Waals surface area contributed by atoms with Crippen LogP contribution in [0.2, 0.25) is 0 Å². The molecule has 4 nitrogen and oxygen atoms in total. The first-order chi connectivity index (χ1) is 8.68. The van der Waals surface area contributed by atoms with Crippen LogP contribution in [0.15, 0.2) is 24.3 Å². The maximum atomic E-state index is 13.3. The Morgan fingerprint density at radius 2 is 2.22 bits per heavy atom. The monoisotopic (exact) mass is 252 g/mol. The fraction of sp³-hybridized carbons (Fsp3) is 0.462. The third kappa shape index (κ3) is 2.98. The summed E-state index contributed by atoms with van der Waals surface area (Å²) in [6.07, 6.45) is 0. The Morgan fingerprint density at radius 3 is 2.83 bits per heavy atom. The van der Waals surface area contributed by atoms with Crippen LogP contribution >= 0.6 is 0 Å². The number of amides is 1. The zero-order valence-corrected chi connectivity index (χ0v) is 10.4. The van der Waals surface area contributed by atoms with Crippen LogP contribution in [0.3, 0.4) is 0 Å². The van der Waals surface area contributed by atoms with E-state index in [4.69, 9.17) is 4.74 Å². The van der Waals surface area contributed by atoms with Crippen LogP contribution in [0, 0.1) is 11.7 Å². The van der Waals surface area contributed by atoms with E-state index in [1.54, 1.807) is 30.1 Å². The normalized spacial score (nSPS) is 15.0. The van der Waals surface area contributed by atoms with E-state index < -0.39 is 0 Å². The summed E-state index contributed by atoms with van der Waals surface area (Å²) >= 11 is 0. The van der Waals surface area contributed by atoms with Crippen molar-refractivity contribution in [3.63, 3.8) is 0 Å². The van der Waals surface area contributed by atoms with Crippen molar-refractivity contribution in [2.24, 2.45) is 5.92 Å². The highest BCUT2D eigenvalue weighted by molar-refractivity contribution is 5.79. The zero-order valence-electron chi connectivity index (χ0n) is 10.4. The van der Waals surface area contributed by atoms with Crippen molar-refractivity contribution >= 4 is 5.91 Å². The van der Waals surface area contributed by atoms with Crippen LogP contribution in [0.1, 0.15) is 0 Å². The minimum atomic E-state index is -0.380. The minimum Gasteiger partial charge on any atom is -0.489 e. The largest absolute Gasteiger partial charge is 0.489 e. The fourth-order valence-electron chi connectivity index (χ4n) is 1.74. The topological polar surface area (TPSA) is 41.6 Å². The van der Waals surface area contributed by atoms with Crippen LogP contribution in [0.4, 0.5) is 4.39 Å². The molecule has 1 saturated heterocycles. The first-order valence-corrected chi connectivity index (χ1v) is 6.01. The molecule has 1 amide bonds. The van der Waals surface area contributed by atoms with Crippen molar-refractivity contribution in [1.82, 2.24) is 10.2 Å². The molecule has 1 aromatic rings. The van der Waals surface area contributed by atoms with Gasteiger partial charge in [-0.15, -0.1) is 0 Å². The van der Waals surface area contributed by atoms with Crippen molar-refractivity contribution in [2.75, 3.05) is 33.3 Å². The summed E-state index contributed by atoms with van der Waals surface area (Å²) < 4.78 is 18.6. The van der Waals surface area contributed by atoms with Crippen LogP contribution in [0.5, 0.6) is 5.75 Å². The standard InChI is InChI=1S/C13H17FN2O2/c1-16(13(17)10-8-15-9-10)6-7-18-12-5-3-2-4-11(12)14/h2-5,10,15H,6-9H2,1H3. The Bertz CT molecular complexity index is 421. The molecule has 1 fully saturated rings. The lowest BCUT2D eigenvalue weighted by Gasteiger charge is -2.30. The van der Waals surface area contributed by atoms with Crippen LogP contribution in [0.25, 0.3) is 0 Å². The Balaban J connectivity index is 1.74. The van der Waals surface area contributed by atoms with E-state index in [0.717, 1.165) is 13.1 Å². The van der Waals surface area contributed by atoms with E-state index in [2.05, 4.69) is 5.32 Å². The van der Waals surface area contributed by atoms with Gasteiger partial charge in [-0.2, -0.15) is 0 Å². The molecule has 0 atom stereocenters. The molecule has 0 radical (unpaired) electrons. The summed E-state index contributed by atoms with van der Waals surface area (Å²) in [6, 6.07) is 6.26. The van der Waals surface area contributed by atoms with E-state index in [-0.39, 0.29) is 23.4 Å². The zero-order chi connectivity index (χ0) is 13.0. The number of hydrogen-bond acceptors (Lipinski definition) is 3. The molecule has 2 rings (SSSR count). The quantitative estimate of drug-likeness (QED) is 0.846. The fourth-order valence-corrected chi connectivity index (χ4v) is 1.74. The van der Waals surface area contributed by atoms with Crippen molar-refractivity contribution in [1.29, 1.82) is 0 Å². The molecule has 0 aromatic heterocycles. The predicted molar refractivity (Wildman–Crippen MR) is 65.9 cm³/mol. The van der Waals surface area contributed by atoms with E-state index in [9.17, 15) is 9.18 Å². The van der Waals surface area contributed by atoms with E-state index in [0.29, 0.717) is 13.2 Å². The maximum absolute atomic E-state index is 13.3. The summed E-state index contributed by atoms with van der Waals surface area (Å²) in [5.41, 5.74) is 0. The Kier molecular flexibility index (Phi) is 4.15. The molecule has 18 heavy (non-hydrogen) atoms. The number of benzene rings is 1.